The molecule has 4 aromatic carbocycles. The summed E-state index contributed by atoms with van der Waals surface area (Å²) in [6.45, 7) is 7.65. The van der Waals surface area contributed by atoms with Gasteiger partial charge in [0, 0.05) is 43.0 Å². The van der Waals surface area contributed by atoms with Crippen LogP contribution in [-0.4, -0.2) is 81.1 Å². The van der Waals surface area contributed by atoms with E-state index >= 15 is 0 Å². The standard InChI is InChI=1S/C47H51N7O6/c1-26(2)17-41(55)54-27(3)11-16-38(54)45-49-36-15-13-30-20-35-33-14-12-31(19-32(33)25-60-40(35)21-34(30)43(36)51-45)37-22-48-44(50-37)39-18-28(24-58-4)23-53(39)46(56)42(52-47(57)59-5)29-9-7-6-8-10-29/h6-10,12-15,19-22,26-28,38-39,42H,11,16-18,23-25H2,1-5H3,(H,48,50)(H,49,51)(H,52,57)/t27-,28-,38-,39-,42+/m0/s1. The van der Waals surface area contributed by atoms with Crippen molar-refractivity contribution in [1.29, 1.82) is 0 Å². The van der Waals surface area contributed by atoms with E-state index in [0.717, 1.165) is 74.2 Å². The molecule has 13 nitrogen and oxygen atoms in total. The minimum Gasteiger partial charge on any atom is -0.488 e. The molecule has 3 aliphatic rings. The van der Waals surface area contributed by atoms with E-state index in [0.29, 0.717) is 49.9 Å². The highest BCUT2D eigenvalue weighted by molar-refractivity contribution is 6.07. The SMILES string of the molecule is COC[C@H]1C[C@@H](c2ncc(-c3ccc4c(c3)COc3cc5c(ccc6[nH]c([C@@H]7CC[C@H](C)N7C(=O)CC(C)C)nc65)cc3-4)[nH]2)N(C(=O)[C@H](NC(=O)OC)c2ccccc2)C1. The average molecular weight is 810 g/mol. The van der Waals surface area contributed by atoms with E-state index in [4.69, 9.17) is 24.2 Å². The molecule has 0 radical (unpaired) electrons. The lowest BCUT2D eigenvalue weighted by Gasteiger charge is -2.28. The van der Waals surface area contributed by atoms with Gasteiger partial charge in [0.1, 0.15) is 30.0 Å². The van der Waals surface area contributed by atoms with Crippen LogP contribution in [0.5, 0.6) is 5.75 Å². The molecule has 2 aromatic heterocycles. The Balaban J connectivity index is 0.983. The molecule has 0 aliphatic carbocycles. The summed E-state index contributed by atoms with van der Waals surface area (Å²) in [6.07, 6.45) is 4.15. The number of amides is 3. The lowest BCUT2D eigenvalue weighted by molar-refractivity contribution is -0.135. The van der Waals surface area contributed by atoms with Crippen LogP contribution >= 0.6 is 0 Å². The molecule has 0 bridgehead atoms. The van der Waals surface area contributed by atoms with Gasteiger partial charge in [-0.1, -0.05) is 62.4 Å². The number of carbonyl (C=O) groups excluding carboxylic acids is 3. The van der Waals surface area contributed by atoms with Crippen LogP contribution < -0.4 is 10.1 Å². The number of likely N-dealkylation sites (tertiary alicyclic amines) is 2. The van der Waals surface area contributed by atoms with Crippen LogP contribution in [0.1, 0.15) is 87.4 Å². The maximum atomic E-state index is 14.3. The Hall–Kier alpha value is -6.21. The number of aromatic nitrogens is 4. The van der Waals surface area contributed by atoms with Crippen LogP contribution in [0, 0.1) is 11.8 Å². The molecule has 3 N–H and O–H groups in total. The molecule has 3 aliphatic heterocycles. The van der Waals surface area contributed by atoms with Gasteiger partial charge in [-0.3, -0.25) is 9.59 Å². The number of carbonyl (C=O) groups is 3. The fourth-order valence-electron chi connectivity index (χ4n) is 9.47. The van der Waals surface area contributed by atoms with Gasteiger partial charge in [0.15, 0.2) is 0 Å². The largest absolute Gasteiger partial charge is 0.488 e. The van der Waals surface area contributed by atoms with Crippen molar-refractivity contribution in [2.45, 2.75) is 77.2 Å². The van der Waals surface area contributed by atoms with E-state index in [9.17, 15) is 14.4 Å². The molecule has 2 fully saturated rings. The normalized spacial score (nSPS) is 20.3. The Kier molecular flexibility index (Phi) is 10.5. The number of imidazole rings is 2. The molecule has 60 heavy (non-hydrogen) atoms. The van der Waals surface area contributed by atoms with Crippen molar-refractivity contribution in [3.05, 3.63) is 102 Å². The maximum Gasteiger partial charge on any atom is 0.407 e. The molecule has 13 heteroatoms. The number of nitrogens with one attached hydrogen (secondary N) is 3. The van der Waals surface area contributed by atoms with Crippen molar-refractivity contribution >= 4 is 39.7 Å². The van der Waals surface area contributed by atoms with Crippen LogP contribution in [-0.2, 0) is 25.7 Å². The fraction of sp³-hybridized carbons (Fsp3) is 0.383. The fourth-order valence-corrected chi connectivity index (χ4v) is 9.47. The third kappa shape index (κ3) is 7.25. The van der Waals surface area contributed by atoms with Gasteiger partial charge in [0.2, 0.25) is 5.91 Å². The van der Waals surface area contributed by atoms with Gasteiger partial charge in [-0.25, -0.2) is 14.8 Å². The summed E-state index contributed by atoms with van der Waals surface area (Å²) in [6, 6.07) is 22.8. The molecular formula is C47H51N7O6. The number of fused-ring (bicyclic) bond motifs is 6. The monoisotopic (exact) mass is 809 g/mol. The molecule has 0 spiro atoms. The first-order chi connectivity index (χ1) is 29.1. The van der Waals surface area contributed by atoms with Crippen LogP contribution in [0.4, 0.5) is 4.79 Å². The van der Waals surface area contributed by atoms with Gasteiger partial charge in [0.25, 0.3) is 5.91 Å². The maximum absolute atomic E-state index is 14.3. The number of hydrogen-bond acceptors (Lipinski definition) is 8. The summed E-state index contributed by atoms with van der Waals surface area (Å²) in [7, 11) is 2.94. The van der Waals surface area contributed by atoms with Crippen molar-refractivity contribution in [1.82, 2.24) is 35.1 Å². The summed E-state index contributed by atoms with van der Waals surface area (Å²) in [5.41, 5.74) is 7.43. The summed E-state index contributed by atoms with van der Waals surface area (Å²) in [5.74, 6) is 2.63. The van der Waals surface area contributed by atoms with E-state index in [2.05, 4.69) is 78.5 Å². The van der Waals surface area contributed by atoms with Gasteiger partial charge < -0.3 is 39.3 Å². The number of aromatic amines is 2. The van der Waals surface area contributed by atoms with E-state index in [-0.39, 0.29) is 35.9 Å². The lowest BCUT2D eigenvalue weighted by atomic mass is 9.92. The first-order valence-electron chi connectivity index (χ1n) is 20.9. The molecule has 2 saturated heterocycles. The second-order valence-electron chi connectivity index (χ2n) is 16.9. The molecule has 6 aromatic rings. The summed E-state index contributed by atoms with van der Waals surface area (Å²) in [5, 5.41) is 4.81. The predicted octanol–water partition coefficient (Wildman–Crippen LogP) is 8.40. The molecule has 5 atom stereocenters. The summed E-state index contributed by atoms with van der Waals surface area (Å²) >= 11 is 0. The quantitative estimate of drug-likeness (QED) is 0.125. The van der Waals surface area contributed by atoms with Gasteiger partial charge in [-0.2, -0.15) is 0 Å². The Labute approximate surface area is 348 Å². The molecule has 0 unspecified atom stereocenters. The summed E-state index contributed by atoms with van der Waals surface area (Å²) in [4.78, 5) is 60.8. The van der Waals surface area contributed by atoms with Crippen molar-refractivity contribution in [2.24, 2.45) is 11.8 Å². The minimum absolute atomic E-state index is 0.0656. The van der Waals surface area contributed by atoms with E-state index in [1.807, 2.05) is 41.4 Å². The number of hydrogen-bond donors (Lipinski definition) is 3. The van der Waals surface area contributed by atoms with Crippen LogP contribution in [0.2, 0.25) is 0 Å². The number of methoxy groups -OCH3 is 2. The molecule has 3 amide bonds. The van der Waals surface area contributed by atoms with Crippen molar-refractivity contribution in [3.63, 3.8) is 0 Å². The van der Waals surface area contributed by atoms with Crippen LogP contribution in [0.15, 0.2) is 79.0 Å². The average Bonchev–Trinajstić information content (AvgIpc) is 4.07. The van der Waals surface area contributed by atoms with Gasteiger partial charge >= 0.3 is 6.09 Å². The second kappa shape index (κ2) is 16.1. The van der Waals surface area contributed by atoms with Gasteiger partial charge in [-0.15, -0.1) is 0 Å². The first kappa shape index (κ1) is 39.3. The molecule has 0 saturated carbocycles. The topological polar surface area (TPSA) is 155 Å². The number of alkyl carbamates (subject to hydrolysis) is 1. The van der Waals surface area contributed by atoms with Crippen LogP contribution in [0.3, 0.4) is 0 Å². The third-order valence-electron chi connectivity index (χ3n) is 12.3. The number of H-pyrrole nitrogens is 2. The van der Waals surface area contributed by atoms with E-state index in [1.54, 1.807) is 12.0 Å². The van der Waals surface area contributed by atoms with Gasteiger partial charge in [0.05, 0.1) is 48.7 Å². The second-order valence-corrected chi connectivity index (χ2v) is 16.9. The zero-order chi connectivity index (χ0) is 41.7. The Morgan fingerprint density at radius 2 is 1.78 bits per heavy atom. The Bertz CT molecular complexity index is 2580. The molecule has 5 heterocycles. The van der Waals surface area contributed by atoms with Crippen molar-refractivity contribution < 1.29 is 28.6 Å². The Morgan fingerprint density at radius 3 is 2.57 bits per heavy atom. The zero-order valence-corrected chi connectivity index (χ0v) is 34.7. The summed E-state index contributed by atoms with van der Waals surface area (Å²) < 4.78 is 16.9. The molecule has 310 valence electrons. The van der Waals surface area contributed by atoms with Crippen molar-refractivity contribution in [3.8, 4) is 28.1 Å². The highest BCUT2D eigenvalue weighted by Gasteiger charge is 2.41. The van der Waals surface area contributed by atoms with E-state index in [1.165, 1.54) is 7.11 Å². The number of ether oxygens (including phenoxy) is 3. The Morgan fingerprint density at radius 1 is 0.950 bits per heavy atom. The molecular weight excluding hydrogens is 759 g/mol. The van der Waals surface area contributed by atoms with E-state index < -0.39 is 12.1 Å². The number of nitrogens with zero attached hydrogens (tertiary/aromatic N) is 4. The minimum atomic E-state index is -0.932. The van der Waals surface area contributed by atoms with Crippen LogP contribution in [0.25, 0.3) is 44.2 Å². The highest BCUT2D eigenvalue weighted by atomic mass is 16.5. The number of rotatable bonds is 10. The van der Waals surface area contributed by atoms with Gasteiger partial charge in [-0.05, 0) is 84.0 Å². The highest BCUT2D eigenvalue weighted by Crippen LogP contribution is 2.44. The van der Waals surface area contributed by atoms with Crippen molar-refractivity contribution in [2.75, 3.05) is 27.4 Å². The number of benzene rings is 4. The lowest BCUT2D eigenvalue weighted by Crippen LogP contribution is -2.43. The third-order valence-corrected chi connectivity index (χ3v) is 12.3. The molecule has 9 rings (SSSR count). The zero-order valence-electron chi connectivity index (χ0n) is 34.7. The first-order valence-corrected chi connectivity index (χ1v) is 20.9. The predicted molar refractivity (Wildman–Crippen MR) is 228 cm³/mol. The smallest absolute Gasteiger partial charge is 0.407 e.